The number of anilines is 1. The Morgan fingerprint density at radius 3 is 2.76 bits per heavy atom. The molecule has 1 aromatic heterocycles. The average molecular weight is 402 g/mol. The molecule has 7 nitrogen and oxygen atoms in total. The number of aliphatic hydroxyl groups excluding tert-OH is 1. The smallest absolute Gasteiger partial charge is 0.409 e. The zero-order valence-electron chi connectivity index (χ0n) is 17.4. The Bertz CT molecular complexity index is 919. The minimum Gasteiger partial charge on any atom is -0.449 e. The Labute approximate surface area is 170 Å². The van der Waals surface area contributed by atoms with Crippen LogP contribution in [0.25, 0.3) is 11.0 Å². The molecule has 1 fully saturated rings. The maximum Gasteiger partial charge on any atom is 0.409 e. The molecule has 2 aromatic rings. The largest absolute Gasteiger partial charge is 0.449 e. The maximum absolute atomic E-state index is 12.5. The molecule has 1 amide bonds. The number of fused-ring (bicyclic) bond motifs is 1. The SMILES string of the molecule is CCN(CC)c1ccc2c(C)c(CCOC(=O)N3CC[C@H](CO)C3)c(=O)oc2c1. The lowest BCUT2D eigenvalue weighted by atomic mass is 10.0. The molecule has 1 N–H and O–H groups in total. The molecular formula is C22H30N2O5. The molecule has 1 aromatic carbocycles. The summed E-state index contributed by atoms with van der Waals surface area (Å²) < 4.78 is 10.9. The van der Waals surface area contributed by atoms with Gasteiger partial charge in [0.25, 0.3) is 0 Å². The summed E-state index contributed by atoms with van der Waals surface area (Å²) in [5.74, 6) is 0.124. The van der Waals surface area contributed by atoms with Crippen LogP contribution in [0, 0.1) is 12.8 Å². The highest BCUT2D eigenvalue weighted by molar-refractivity contribution is 5.84. The van der Waals surface area contributed by atoms with Gasteiger partial charge in [-0.1, -0.05) is 0 Å². The lowest BCUT2D eigenvalue weighted by Gasteiger charge is -2.21. The first-order chi connectivity index (χ1) is 14.0. The quantitative estimate of drug-likeness (QED) is 0.717. The number of nitrogens with zero attached hydrogens (tertiary/aromatic N) is 2. The summed E-state index contributed by atoms with van der Waals surface area (Å²) in [6.45, 7) is 9.15. The Morgan fingerprint density at radius 1 is 1.34 bits per heavy atom. The summed E-state index contributed by atoms with van der Waals surface area (Å²) in [6.07, 6.45) is 0.701. The number of hydrogen-bond acceptors (Lipinski definition) is 6. The summed E-state index contributed by atoms with van der Waals surface area (Å²) in [5, 5.41) is 10.1. The van der Waals surface area contributed by atoms with E-state index in [0.717, 1.165) is 36.1 Å². The molecule has 29 heavy (non-hydrogen) atoms. The molecule has 1 saturated heterocycles. The third kappa shape index (κ3) is 4.56. The van der Waals surface area contributed by atoms with Crippen molar-refractivity contribution in [3.63, 3.8) is 0 Å². The number of rotatable bonds is 7. The number of ether oxygens (including phenoxy) is 1. The third-order valence-corrected chi connectivity index (χ3v) is 5.78. The van der Waals surface area contributed by atoms with Crippen molar-refractivity contribution in [1.82, 2.24) is 4.90 Å². The summed E-state index contributed by atoms with van der Waals surface area (Å²) in [4.78, 5) is 28.5. The highest BCUT2D eigenvalue weighted by Gasteiger charge is 2.26. The fourth-order valence-electron chi connectivity index (χ4n) is 3.94. The minimum atomic E-state index is -0.396. The molecule has 158 valence electrons. The second-order valence-electron chi connectivity index (χ2n) is 7.49. The van der Waals surface area contributed by atoms with Crippen molar-refractivity contribution >= 4 is 22.7 Å². The lowest BCUT2D eigenvalue weighted by molar-refractivity contribution is 0.108. The van der Waals surface area contributed by atoms with Crippen LogP contribution in [0.4, 0.5) is 10.5 Å². The van der Waals surface area contributed by atoms with E-state index in [-0.39, 0.29) is 24.8 Å². The van der Waals surface area contributed by atoms with Crippen LogP contribution in [0.3, 0.4) is 0 Å². The van der Waals surface area contributed by atoms with E-state index < -0.39 is 6.09 Å². The number of likely N-dealkylation sites (tertiary alicyclic amines) is 1. The molecule has 7 heteroatoms. The fraction of sp³-hybridized carbons (Fsp3) is 0.545. The topological polar surface area (TPSA) is 83.2 Å². The van der Waals surface area contributed by atoms with E-state index in [0.29, 0.717) is 30.7 Å². The lowest BCUT2D eigenvalue weighted by Crippen LogP contribution is -2.30. The Kier molecular flexibility index (Phi) is 6.79. The molecule has 1 atom stereocenters. The van der Waals surface area contributed by atoms with Gasteiger partial charge in [0.1, 0.15) is 5.58 Å². The van der Waals surface area contributed by atoms with Crippen molar-refractivity contribution in [2.75, 3.05) is 44.3 Å². The highest BCUT2D eigenvalue weighted by atomic mass is 16.6. The second-order valence-corrected chi connectivity index (χ2v) is 7.49. The van der Waals surface area contributed by atoms with Crippen molar-refractivity contribution in [1.29, 1.82) is 0 Å². The Morgan fingerprint density at radius 2 is 2.10 bits per heavy atom. The van der Waals surface area contributed by atoms with Gasteiger partial charge in [-0.3, -0.25) is 0 Å². The standard InChI is InChI=1S/C22H30N2O5/c1-4-23(5-2)17-6-7-18-15(3)19(21(26)29-20(18)12-17)9-11-28-22(27)24-10-8-16(13-24)14-25/h6-7,12,16,25H,4-5,8-11,13-14H2,1-3H3/t16-/m0/s1. The molecule has 1 aliphatic heterocycles. The normalized spacial score (nSPS) is 16.4. The number of carbonyl (C=O) groups excluding carboxylic acids is 1. The maximum atomic E-state index is 12.5. The number of aryl methyl sites for hydroxylation is 1. The van der Waals surface area contributed by atoms with E-state index in [1.165, 1.54) is 0 Å². The van der Waals surface area contributed by atoms with Gasteiger partial charge in [0, 0.05) is 67.8 Å². The number of hydrogen-bond donors (Lipinski definition) is 1. The van der Waals surface area contributed by atoms with Gasteiger partial charge >= 0.3 is 11.7 Å². The third-order valence-electron chi connectivity index (χ3n) is 5.78. The minimum absolute atomic E-state index is 0.0805. The molecule has 0 unspecified atom stereocenters. The molecule has 3 rings (SSSR count). The van der Waals surface area contributed by atoms with Crippen LogP contribution in [-0.4, -0.2) is 55.5 Å². The van der Waals surface area contributed by atoms with Gasteiger partial charge in [-0.05, 0) is 44.9 Å². The van der Waals surface area contributed by atoms with Crippen molar-refractivity contribution in [3.05, 3.63) is 39.7 Å². The van der Waals surface area contributed by atoms with Gasteiger partial charge in [0.05, 0.1) is 6.61 Å². The summed E-state index contributed by atoms with van der Waals surface area (Å²) >= 11 is 0. The molecule has 1 aliphatic rings. The molecule has 0 spiro atoms. The van der Waals surface area contributed by atoms with Gasteiger partial charge in [0.2, 0.25) is 0 Å². The Hall–Kier alpha value is -2.54. The number of aliphatic hydroxyl groups is 1. The predicted molar refractivity (Wildman–Crippen MR) is 113 cm³/mol. The first-order valence-electron chi connectivity index (χ1n) is 10.3. The highest BCUT2D eigenvalue weighted by Crippen LogP contribution is 2.25. The van der Waals surface area contributed by atoms with Crippen LogP contribution in [-0.2, 0) is 11.2 Å². The molecule has 2 heterocycles. The van der Waals surface area contributed by atoms with Crippen LogP contribution in [0.5, 0.6) is 0 Å². The van der Waals surface area contributed by atoms with Gasteiger partial charge in [-0.2, -0.15) is 0 Å². The number of amides is 1. The first kappa shape index (κ1) is 21.2. The van der Waals surface area contributed by atoms with Crippen molar-refractivity contribution in [2.24, 2.45) is 5.92 Å². The molecular weight excluding hydrogens is 372 g/mol. The van der Waals surface area contributed by atoms with Gasteiger partial charge in [-0.25, -0.2) is 9.59 Å². The van der Waals surface area contributed by atoms with Gasteiger partial charge in [-0.15, -0.1) is 0 Å². The number of carbonyl (C=O) groups is 1. The van der Waals surface area contributed by atoms with Crippen molar-refractivity contribution in [2.45, 2.75) is 33.6 Å². The van der Waals surface area contributed by atoms with E-state index in [9.17, 15) is 14.7 Å². The van der Waals surface area contributed by atoms with Gasteiger partial charge in [0.15, 0.2) is 0 Å². The zero-order chi connectivity index (χ0) is 21.0. The van der Waals surface area contributed by atoms with Crippen LogP contribution in [0.1, 0.15) is 31.4 Å². The molecule has 0 saturated carbocycles. The van der Waals surface area contributed by atoms with Crippen LogP contribution < -0.4 is 10.5 Å². The van der Waals surface area contributed by atoms with E-state index in [1.807, 2.05) is 25.1 Å². The average Bonchev–Trinajstić information content (AvgIpc) is 3.20. The van der Waals surface area contributed by atoms with Crippen molar-refractivity contribution in [3.8, 4) is 0 Å². The first-order valence-corrected chi connectivity index (χ1v) is 10.3. The van der Waals surface area contributed by atoms with Crippen LogP contribution in [0.15, 0.2) is 27.4 Å². The molecule has 0 aliphatic carbocycles. The molecule has 0 bridgehead atoms. The monoisotopic (exact) mass is 402 g/mol. The van der Waals surface area contributed by atoms with E-state index in [2.05, 4.69) is 18.7 Å². The summed E-state index contributed by atoms with van der Waals surface area (Å²) in [5.41, 5.74) is 2.61. The summed E-state index contributed by atoms with van der Waals surface area (Å²) in [7, 11) is 0. The zero-order valence-corrected chi connectivity index (χ0v) is 17.4. The van der Waals surface area contributed by atoms with E-state index >= 15 is 0 Å². The number of benzene rings is 1. The van der Waals surface area contributed by atoms with E-state index in [1.54, 1.807) is 4.90 Å². The fourth-order valence-corrected chi connectivity index (χ4v) is 3.94. The predicted octanol–water partition coefficient (Wildman–Crippen LogP) is 2.94. The molecule has 0 radical (unpaired) electrons. The van der Waals surface area contributed by atoms with E-state index in [4.69, 9.17) is 9.15 Å². The summed E-state index contributed by atoms with van der Waals surface area (Å²) in [6, 6.07) is 5.93. The van der Waals surface area contributed by atoms with Crippen molar-refractivity contribution < 1.29 is 19.1 Å². The van der Waals surface area contributed by atoms with Gasteiger partial charge < -0.3 is 24.1 Å². The van der Waals surface area contributed by atoms with Crippen LogP contribution >= 0.6 is 0 Å². The Balaban J connectivity index is 1.70. The second kappa shape index (κ2) is 9.31. The van der Waals surface area contributed by atoms with Crippen LogP contribution in [0.2, 0.25) is 0 Å².